The summed E-state index contributed by atoms with van der Waals surface area (Å²) in [5, 5.41) is 8.71. The summed E-state index contributed by atoms with van der Waals surface area (Å²) in [6.07, 6.45) is 1.28. The van der Waals surface area contributed by atoms with E-state index < -0.39 is 17.6 Å². The lowest BCUT2D eigenvalue weighted by molar-refractivity contribution is -0.114. The van der Waals surface area contributed by atoms with E-state index in [1.54, 1.807) is 66.7 Å². The molecule has 202 valence electrons. The van der Waals surface area contributed by atoms with Crippen LogP contribution in [-0.4, -0.2) is 23.5 Å². The molecule has 0 atom stereocenters. The molecule has 0 aliphatic heterocycles. The standard InChI is InChI=1S/C31H25ClFN3O3S/c1-20-14-15-24(18-26(20)32)34-29(37)19-40-25-12-7-11-23(17-25)35-31(39)28(16-22-10-5-6-13-27(22)33)36-30(38)21-8-3-2-4-9-21/h2-18H,19H2,1H3,(H,34,37)(H,35,39)(H,36,38)/b28-16-. The molecule has 0 fully saturated rings. The molecule has 0 aliphatic carbocycles. The molecule has 40 heavy (non-hydrogen) atoms. The number of aryl methyl sites for hydroxylation is 1. The number of anilines is 2. The quantitative estimate of drug-likeness (QED) is 0.150. The number of carbonyl (C=O) groups excluding carboxylic acids is 3. The lowest BCUT2D eigenvalue weighted by atomic mass is 10.1. The largest absolute Gasteiger partial charge is 0.325 e. The van der Waals surface area contributed by atoms with E-state index in [0.29, 0.717) is 22.0 Å². The molecule has 0 aliphatic rings. The van der Waals surface area contributed by atoms with Gasteiger partial charge in [-0.1, -0.05) is 60.1 Å². The van der Waals surface area contributed by atoms with Gasteiger partial charge in [0.1, 0.15) is 11.5 Å². The lowest BCUT2D eigenvalue weighted by Crippen LogP contribution is -2.30. The topological polar surface area (TPSA) is 87.3 Å². The number of nitrogens with one attached hydrogen (secondary N) is 3. The van der Waals surface area contributed by atoms with Crippen LogP contribution in [-0.2, 0) is 9.59 Å². The van der Waals surface area contributed by atoms with Crippen LogP contribution in [0.2, 0.25) is 5.02 Å². The molecular weight excluding hydrogens is 549 g/mol. The van der Waals surface area contributed by atoms with Crippen LogP contribution in [0.1, 0.15) is 21.5 Å². The molecule has 0 aromatic heterocycles. The lowest BCUT2D eigenvalue weighted by Gasteiger charge is -2.12. The van der Waals surface area contributed by atoms with E-state index in [9.17, 15) is 18.8 Å². The number of rotatable bonds is 9. The van der Waals surface area contributed by atoms with Gasteiger partial charge in [-0.2, -0.15) is 0 Å². The molecule has 0 spiro atoms. The first kappa shape index (κ1) is 28.6. The average Bonchev–Trinajstić information content (AvgIpc) is 2.95. The van der Waals surface area contributed by atoms with Crippen LogP contribution in [0.25, 0.3) is 6.08 Å². The Hall–Kier alpha value is -4.40. The van der Waals surface area contributed by atoms with Crippen LogP contribution in [0, 0.1) is 12.7 Å². The predicted molar refractivity (Wildman–Crippen MR) is 159 cm³/mol. The minimum atomic E-state index is -0.635. The van der Waals surface area contributed by atoms with Crippen molar-refractivity contribution in [1.29, 1.82) is 0 Å². The molecule has 4 rings (SSSR count). The van der Waals surface area contributed by atoms with Gasteiger partial charge < -0.3 is 16.0 Å². The van der Waals surface area contributed by atoms with Crippen molar-refractivity contribution in [2.45, 2.75) is 11.8 Å². The molecule has 9 heteroatoms. The normalized spacial score (nSPS) is 11.0. The Morgan fingerprint density at radius 1 is 0.850 bits per heavy atom. The molecule has 0 saturated carbocycles. The van der Waals surface area contributed by atoms with Crippen molar-refractivity contribution >= 4 is 58.5 Å². The number of carbonyl (C=O) groups is 3. The summed E-state index contributed by atoms with van der Waals surface area (Å²) in [5.74, 6) is -1.76. The second-order valence-electron chi connectivity index (χ2n) is 8.68. The Morgan fingerprint density at radius 2 is 1.57 bits per heavy atom. The smallest absolute Gasteiger partial charge is 0.272 e. The molecular formula is C31H25ClFN3O3S. The highest BCUT2D eigenvalue weighted by atomic mass is 35.5. The third-order valence-corrected chi connectivity index (χ3v) is 7.05. The summed E-state index contributed by atoms with van der Waals surface area (Å²) in [5.41, 5.74) is 2.32. The second kappa shape index (κ2) is 13.6. The Balaban J connectivity index is 1.45. The van der Waals surface area contributed by atoms with E-state index in [4.69, 9.17) is 11.6 Å². The number of benzene rings is 4. The van der Waals surface area contributed by atoms with Crippen LogP contribution < -0.4 is 16.0 Å². The van der Waals surface area contributed by atoms with Crippen molar-refractivity contribution in [2.24, 2.45) is 0 Å². The molecule has 6 nitrogen and oxygen atoms in total. The fourth-order valence-corrected chi connectivity index (χ4v) is 4.50. The molecule has 0 saturated heterocycles. The van der Waals surface area contributed by atoms with Crippen molar-refractivity contribution in [1.82, 2.24) is 5.32 Å². The highest BCUT2D eigenvalue weighted by Gasteiger charge is 2.16. The van der Waals surface area contributed by atoms with Crippen molar-refractivity contribution in [3.63, 3.8) is 0 Å². The minimum absolute atomic E-state index is 0.131. The first-order valence-corrected chi connectivity index (χ1v) is 13.6. The van der Waals surface area contributed by atoms with Gasteiger partial charge in [0.05, 0.1) is 5.75 Å². The van der Waals surface area contributed by atoms with Gasteiger partial charge in [-0.15, -0.1) is 11.8 Å². The second-order valence-corrected chi connectivity index (χ2v) is 10.1. The zero-order valence-corrected chi connectivity index (χ0v) is 23.0. The van der Waals surface area contributed by atoms with Crippen LogP contribution in [0.15, 0.2) is 108 Å². The van der Waals surface area contributed by atoms with Crippen molar-refractivity contribution < 1.29 is 18.8 Å². The van der Waals surface area contributed by atoms with Crippen LogP contribution in [0.5, 0.6) is 0 Å². The number of thioether (sulfide) groups is 1. The summed E-state index contributed by atoms with van der Waals surface area (Å²) in [6.45, 7) is 1.88. The summed E-state index contributed by atoms with van der Waals surface area (Å²) >= 11 is 7.41. The molecule has 4 aromatic rings. The van der Waals surface area contributed by atoms with E-state index in [0.717, 1.165) is 10.5 Å². The van der Waals surface area contributed by atoms with E-state index in [2.05, 4.69) is 16.0 Å². The summed E-state index contributed by atoms with van der Waals surface area (Å²) < 4.78 is 14.3. The van der Waals surface area contributed by atoms with Crippen molar-refractivity contribution in [3.05, 3.63) is 130 Å². The monoisotopic (exact) mass is 573 g/mol. The van der Waals surface area contributed by atoms with E-state index in [-0.39, 0.29) is 22.9 Å². The summed E-state index contributed by atoms with van der Waals surface area (Å²) in [7, 11) is 0. The summed E-state index contributed by atoms with van der Waals surface area (Å²) in [6, 6.07) is 26.6. The summed E-state index contributed by atoms with van der Waals surface area (Å²) in [4.78, 5) is 39.2. The Kier molecular flexibility index (Phi) is 9.72. The first-order chi connectivity index (χ1) is 19.3. The van der Waals surface area contributed by atoms with Gasteiger partial charge in [0.25, 0.3) is 11.8 Å². The van der Waals surface area contributed by atoms with Gasteiger partial charge in [-0.05, 0) is 67.1 Å². The van der Waals surface area contributed by atoms with E-state index in [1.807, 2.05) is 19.1 Å². The van der Waals surface area contributed by atoms with Gasteiger partial charge in [-0.25, -0.2) is 4.39 Å². The van der Waals surface area contributed by atoms with Crippen LogP contribution >= 0.6 is 23.4 Å². The van der Waals surface area contributed by atoms with Gasteiger partial charge >= 0.3 is 0 Å². The Labute approximate surface area is 240 Å². The third kappa shape index (κ3) is 8.05. The van der Waals surface area contributed by atoms with Crippen molar-refractivity contribution in [2.75, 3.05) is 16.4 Å². The SMILES string of the molecule is Cc1ccc(NC(=O)CSc2cccc(NC(=O)/C(=C/c3ccccc3F)NC(=O)c3ccccc3)c2)cc1Cl. The maximum absolute atomic E-state index is 14.3. The number of halogens is 2. The van der Waals surface area contributed by atoms with Gasteiger partial charge in [0, 0.05) is 32.4 Å². The van der Waals surface area contributed by atoms with Crippen LogP contribution in [0.4, 0.5) is 15.8 Å². The number of hydrogen-bond acceptors (Lipinski definition) is 4. The van der Waals surface area contributed by atoms with Gasteiger partial charge in [-0.3, -0.25) is 14.4 Å². The van der Waals surface area contributed by atoms with E-state index >= 15 is 0 Å². The highest BCUT2D eigenvalue weighted by Crippen LogP contribution is 2.24. The molecule has 0 heterocycles. The molecule has 0 unspecified atom stereocenters. The molecule has 0 bridgehead atoms. The highest BCUT2D eigenvalue weighted by molar-refractivity contribution is 8.00. The molecule has 3 N–H and O–H groups in total. The van der Waals surface area contributed by atoms with Gasteiger partial charge in [0.15, 0.2) is 0 Å². The fourth-order valence-electron chi connectivity index (χ4n) is 3.57. The maximum atomic E-state index is 14.3. The maximum Gasteiger partial charge on any atom is 0.272 e. The van der Waals surface area contributed by atoms with Crippen molar-refractivity contribution in [3.8, 4) is 0 Å². The Bertz CT molecular complexity index is 1580. The van der Waals surface area contributed by atoms with Crippen LogP contribution in [0.3, 0.4) is 0 Å². The molecule has 3 amide bonds. The van der Waals surface area contributed by atoms with E-state index in [1.165, 1.54) is 36.0 Å². The molecule has 0 radical (unpaired) electrons. The molecule has 4 aromatic carbocycles. The minimum Gasteiger partial charge on any atom is -0.325 e. The van der Waals surface area contributed by atoms with Gasteiger partial charge in [0.2, 0.25) is 5.91 Å². The average molecular weight is 574 g/mol. The zero-order valence-electron chi connectivity index (χ0n) is 21.4. The Morgan fingerprint density at radius 3 is 2.33 bits per heavy atom. The first-order valence-electron chi connectivity index (χ1n) is 12.2. The zero-order chi connectivity index (χ0) is 28.5. The fraction of sp³-hybridized carbons (Fsp3) is 0.0645. The predicted octanol–water partition coefficient (Wildman–Crippen LogP) is 6.93. The number of amides is 3. The third-order valence-electron chi connectivity index (χ3n) is 5.65. The number of hydrogen-bond donors (Lipinski definition) is 3.